The number of rotatable bonds is 4. The van der Waals surface area contributed by atoms with Gasteiger partial charge in [-0.25, -0.2) is 9.97 Å². The number of nitrogens with zero attached hydrogens (tertiary/aromatic N) is 4. The van der Waals surface area contributed by atoms with Crippen LogP contribution in [0.25, 0.3) is 33.6 Å². The topological polar surface area (TPSA) is 93.8 Å². The standard InChI is InChI=1S/C22H15N5O2S/c1-13-19-16(10-17(24-21(19)29-27-13)14-6-3-2-4-7-14)20(28)26-22-25-18(12-30-22)15-8-5-9-23-11-15/h2-12H,1H3,(H,25,26,28). The third-order valence-corrected chi connectivity index (χ3v) is 5.37. The second-order valence-electron chi connectivity index (χ2n) is 6.60. The van der Waals surface area contributed by atoms with Crippen LogP contribution in [0.3, 0.4) is 0 Å². The molecule has 4 heterocycles. The average Bonchev–Trinajstić information content (AvgIpc) is 3.41. The first-order valence-electron chi connectivity index (χ1n) is 9.19. The molecule has 0 aliphatic carbocycles. The Morgan fingerprint density at radius 1 is 1.03 bits per heavy atom. The minimum absolute atomic E-state index is 0.294. The van der Waals surface area contributed by atoms with Gasteiger partial charge in [-0.15, -0.1) is 11.3 Å². The number of hydrogen-bond donors (Lipinski definition) is 1. The quantitative estimate of drug-likeness (QED) is 0.447. The van der Waals surface area contributed by atoms with E-state index in [2.05, 4.69) is 25.4 Å². The zero-order chi connectivity index (χ0) is 20.5. The monoisotopic (exact) mass is 413 g/mol. The van der Waals surface area contributed by atoms with E-state index >= 15 is 0 Å². The normalized spacial score (nSPS) is 11.0. The van der Waals surface area contributed by atoms with E-state index in [9.17, 15) is 4.79 Å². The number of carbonyl (C=O) groups excluding carboxylic acids is 1. The van der Waals surface area contributed by atoms with Crippen LogP contribution in [0.5, 0.6) is 0 Å². The van der Waals surface area contributed by atoms with Gasteiger partial charge in [0.1, 0.15) is 0 Å². The second kappa shape index (κ2) is 7.49. The van der Waals surface area contributed by atoms with Gasteiger partial charge in [-0.1, -0.05) is 35.5 Å². The number of carbonyl (C=O) groups is 1. The van der Waals surface area contributed by atoms with Crippen molar-refractivity contribution in [3.8, 4) is 22.5 Å². The summed E-state index contributed by atoms with van der Waals surface area (Å²) in [4.78, 5) is 26.3. The lowest BCUT2D eigenvalue weighted by Gasteiger charge is -2.06. The van der Waals surface area contributed by atoms with Gasteiger partial charge < -0.3 is 4.52 Å². The van der Waals surface area contributed by atoms with Crippen molar-refractivity contribution in [1.82, 2.24) is 20.1 Å². The Balaban J connectivity index is 1.52. The molecule has 5 aromatic rings. The lowest BCUT2D eigenvalue weighted by Crippen LogP contribution is -2.13. The maximum Gasteiger partial charge on any atom is 0.259 e. The number of benzene rings is 1. The van der Waals surface area contributed by atoms with Crippen molar-refractivity contribution in [3.63, 3.8) is 0 Å². The van der Waals surface area contributed by atoms with E-state index in [-0.39, 0.29) is 5.91 Å². The third kappa shape index (κ3) is 3.33. The van der Waals surface area contributed by atoms with Crippen LogP contribution in [0.15, 0.2) is 70.8 Å². The van der Waals surface area contributed by atoms with Gasteiger partial charge in [0.2, 0.25) is 0 Å². The molecule has 1 aromatic carbocycles. The highest BCUT2D eigenvalue weighted by molar-refractivity contribution is 7.14. The van der Waals surface area contributed by atoms with Gasteiger partial charge in [0.25, 0.3) is 11.6 Å². The molecule has 8 heteroatoms. The SMILES string of the molecule is Cc1noc2nc(-c3ccccc3)cc(C(=O)Nc3nc(-c4cccnc4)cs3)c12. The maximum atomic E-state index is 13.2. The molecule has 0 atom stereocenters. The van der Waals surface area contributed by atoms with Crippen molar-refractivity contribution >= 4 is 33.5 Å². The zero-order valence-corrected chi connectivity index (χ0v) is 16.7. The van der Waals surface area contributed by atoms with Crippen LogP contribution in [0, 0.1) is 6.92 Å². The lowest BCUT2D eigenvalue weighted by atomic mass is 10.1. The van der Waals surface area contributed by atoms with E-state index in [4.69, 9.17) is 4.52 Å². The van der Waals surface area contributed by atoms with Crippen LogP contribution >= 0.6 is 11.3 Å². The summed E-state index contributed by atoms with van der Waals surface area (Å²) in [6.45, 7) is 1.79. The maximum absolute atomic E-state index is 13.2. The Hall–Kier alpha value is -3.91. The molecule has 0 aliphatic heterocycles. The van der Waals surface area contributed by atoms with Crippen molar-refractivity contribution in [1.29, 1.82) is 0 Å². The van der Waals surface area contributed by atoms with Gasteiger partial charge in [-0.05, 0) is 25.1 Å². The van der Waals surface area contributed by atoms with Crippen LogP contribution in [0.4, 0.5) is 5.13 Å². The highest BCUT2D eigenvalue weighted by atomic mass is 32.1. The fraction of sp³-hybridized carbons (Fsp3) is 0.0455. The summed E-state index contributed by atoms with van der Waals surface area (Å²) in [5, 5.41) is 9.85. The molecule has 0 radical (unpaired) electrons. The lowest BCUT2D eigenvalue weighted by molar-refractivity contribution is 0.102. The summed E-state index contributed by atoms with van der Waals surface area (Å²) in [5.41, 5.74) is 4.55. The Bertz CT molecular complexity index is 1350. The first kappa shape index (κ1) is 18.1. The number of nitrogens with one attached hydrogen (secondary N) is 1. The number of aryl methyl sites for hydroxylation is 1. The smallest absolute Gasteiger partial charge is 0.259 e. The Morgan fingerprint density at radius 2 is 1.87 bits per heavy atom. The van der Waals surface area contributed by atoms with E-state index in [1.54, 1.807) is 25.4 Å². The molecule has 0 fully saturated rings. The summed E-state index contributed by atoms with van der Waals surface area (Å²) < 4.78 is 5.35. The van der Waals surface area contributed by atoms with Gasteiger partial charge >= 0.3 is 0 Å². The Kier molecular flexibility index (Phi) is 4.53. The van der Waals surface area contributed by atoms with Crippen molar-refractivity contribution in [2.75, 3.05) is 5.32 Å². The molecule has 146 valence electrons. The summed E-state index contributed by atoms with van der Waals surface area (Å²) >= 11 is 1.35. The van der Waals surface area contributed by atoms with Crippen LogP contribution in [0.2, 0.25) is 0 Å². The van der Waals surface area contributed by atoms with Crippen LogP contribution < -0.4 is 5.32 Å². The molecule has 0 aliphatic rings. The summed E-state index contributed by atoms with van der Waals surface area (Å²) in [6, 6.07) is 15.2. The number of thiazole rings is 1. The van der Waals surface area contributed by atoms with E-state index in [0.717, 1.165) is 16.8 Å². The second-order valence-corrected chi connectivity index (χ2v) is 7.46. The van der Waals surface area contributed by atoms with Crippen molar-refractivity contribution < 1.29 is 9.32 Å². The molecule has 0 saturated heterocycles. The van der Waals surface area contributed by atoms with Crippen LogP contribution in [-0.2, 0) is 0 Å². The van der Waals surface area contributed by atoms with E-state index in [0.29, 0.717) is 33.2 Å². The molecular weight excluding hydrogens is 398 g/mol. The van der Waals surface area contributed by atoms with Gasteiger partial charge in [0.15, 0.2) is 5.13 Å². The minimum atomic E-state index is -0.294. The van der Waals surface area contributed by atoms with E-state index in [1.807, 2.05) is 47.8 Å². The summed E-state index contributed by atoms with van der Waals surface area (Å²) in [7, 11) is 0. The molecule has 0 saturated carbocycles. The first-order valence-corrected chi connectivity index (χ1v) is 10.1. The Labute approximate surface area is 175 Å². The number of fused-ring (bicyclic) bond motifs is 1. The predicted molar refractivity (Wildman–Crippen MR) is 115 cm³/mol. The minimum Gasteiger partial charge on any atom is -0.335 e. The number of anilines is 1. The highest BCUT2D eigenvalue weighted by Gasteiger charge is 2.20. The van der Waals surface area contributed by atoms with Gasteiger partial charge in [-0.3, -0.25) is 15.1 Å². The first-order chi connectivity index (χ1) is 14.7. The van der Waals surface area contributed by atoms with Gasteiger partial charge in [0, 0.05) is 28.9 Å². The predicted octanol–water partition coefficient (Wildman–Crippen LogP) is 4.97. The molecule has 7 nitrogen and oxygen atoms in total. The van der Waals surface area contributed by atoms with Gasteiger partial charge in [0.05, 0.1) is 28.0 Å². The molecule has 1 amide bonds. The molecule has 0 spiro atoms. The molecule has 1 N–H and O–H groups in total. The molecule has 5 rings (SSSR count). The highest BCUT2D eigenvalue weighted by Crippen LogP contribution is 2.29. The number of amides is 1. The summed E-state index contributed by atoms with van der Waals surface area (Å²) in [6.07, 6.45) is 3.44. The fourth-order valence-corrected chi connectivity index (χ4v) is 3.89. The van der Waals surface area contributed by atoms with Gasteiger partial charge in [-0.2, -0.15) is 0 Å². The van der Waals surface area contributed by atoms with Crippen molar-refractivity contribution in [2.24, 2.45) is 0 Å². The van der Waals surface area contributed by atoms with Crippen molar-refractivity contribution in [2.45, 2.75) is 6.92 Å². The molecule has 30 heavy (non-hydrogen) atoms. The molecular formula is C22H15N5O2S. The third-order valence-electron chi connectivity index (χ3n) is 4.61. The average molecular weight is 413 g/mol. The zero-order valence-electron chi connectivity index (χ0n) is 15.9. The Morgan fingerprint density at radius 3 is 2.67 bits per heavy atom. The summed E-state index contributed by atoms with van der Waals surface area (Å²) in [5.74, 6) is -0.294. The van der Waals surface area contributed by atoms with E-state index in [1.165, 1.54) is 11.3 Å². The van der Waals surface area contributed by atoms with Crippen LogP contribution in [0.1, 0.15) is 16.1 Å². The largest absolute Gasteiger partial charge is 0.335 e. The number of aromatic nitrogens is 4. The molecule has 0 unspecified atom stereocenters. The number of hydrogen-bond acceptors (Lipinski definition) is 7. The molecule has 0 bridgehead atoms. The van der Waals surface area contributed by atoms with Crippen LogP contribution in [-0.4, -0.2) is 26.0 Å². The molecule has 4 aromatic heterocycles. The van der Waals surface area contributed by atoms with E-state index < -0.39 is 0 Å². The number of pyridine rings is 2. The van der Waals surface area contributed by atoms with Crippen molar-refractivity contribution in [3.05, 3.63) is 77.6 Å². The fourth-order valence-electron chi connectivity index (χ4n) is 3.17.